The number of amides is 2. The van der Waals surface area contributed by atoms with Crippen molar-refractivity contribution in [2.24, 2.45) is 5.92 Å². The molecular weight excluding hydrogens is 366 g/mol. The third kappa shape index (κ3) is 4.01. The Kier molecular flexibility index (Phi) is 5.34. The van der Waals surface area contributed by atoms with Gasteiger partial charge < -0.3 is 14.3 Å². The largest absolute Gasteiger partial charge is 0.361 e. The third-order valence-electron chi connectivity index (χ3n) is 5.53. The number of piperidine rings is 1. The van der Waals surface area contributed by atoms with E-state index in [1.807, 2.05) is 60.4 Å². The van der Waals surface area contributed by atoms with E-state index >= 15 is 0 Å². The number of carbonyl (C=O) groups excluding carboxylic acids is 2. The van der Waals surface area contributed by atoms with Crippen LogP contribution in [-0.4, -0.2) is 46.9 Å². The number of likely N-dealkylation sites (tertiary alicyclic amines) is 1. The maximum atomic E-state index is 13.2. The fourth-order valence-electron chi connectivity index (χ4n) is 4.07. The first kappa shape index (κ1) is 19.2. The van der Waals surface area contributed by atoms with Crippen LogP contribution < -0.4 is 0 Å². The molecule has 150 valence electrons. The Morgan fingerprint density at radius 2 is 2.00 bits per heavy atom. The summed E-state index contributed by atoms with van der Waals surface area (Å²) >= 11 is 0. The third-order valence-corrected chi connectivity index (χ3v) is 5.53. The van der Waals surface area contributed by atoms with E-state index in [1.165, 1.54) is 0 Å². The molecule has 1 atom stereocenters. The molecule has 1 fully saturated rings. The van der Waals surface area contributed by atoms with Crippen LogP contribution in [0.25, 0.3) is 10.8 Å². The van der Waals surface area contributed by atoms with E-state index in [2.05, 4.69) is 5.16 Å². The van der Waals surface area contributed by atoms with Crippen molar-refractivity contribution in [2.75, 3.05) is 20.1 Å². The minimum absolute atomic E-state index is 0.00548. The number of hydrogen-bond acceptors (Lipinski definition) is 4. The van der Waals surface area contributed by atoms with E-state index in [0.29, 0.717) is 25.2 Å². The van der Waals surface area contributed by atoms with Gasteiger partial charge in [-0.2, -0.15) is 0 Å². The van der Waals surface area contributed by atoms with Crippen molar-refractivity contribution in [1.29, 1.82) is 0 Å². The molecule has 2 amide bonds. The molecule has 1 aliphatic heterocycles. The summed E-state index contributed by atoms with van der Waals surface area (Å²) in [6, 6.07) is 15.5. The molecule has 6 heteroatoms. The molecule has 3 aromatic rings. The first-order valence-electron chi connectivity index (χ1n) is 9.97. The van der Waals surface area contributed by atoms with Gasteiger partial charge in [0.25, 0.3) is 5.91 Å². The average Bonchev–Trinajstić information content (AvgIpc) is 3.16. The summed E-state index contributed by atoms with van der Waals surface area (Å²) in [6.07, 6.45) is 1.62. The van der Waals surface area contributed by atoms with E-state index in [4.69, 9.17) is 4.52 Å². The lowest BCUT2D eigenvalue weighted by Crippen LogP contribution is -2.45. The molecule has 0 radical (unpaired) electrons. The Morgan fingerprint density at radius 3 is 2.79 bits per heavy atom. The molecule has 0 aliphatic carbocycles. The van der Waals surface area contributed by atoms with E-state index in [9.17, 15) is 9.59 Å². The van der Waals surface area contributed by atoms with Crippen molar-refractivity contribution in [1.82, 2.24) is 15.0 Å². The number of hydrogen-bond donors (Lipinski definition) is 0. The number of rotatable bonds is 4. The van der Waals surface area contributed by atoms with Gasteiger partial charge in [0, 0.05) is 31.8 Å². The zero-order chi connectivity index (χ0) is 20.4. The summed E-state index contributed by atoms with van der Waals surface area (Å²) in [6.45, 7) is 3.36. The molecule has 2 aromatic carbocycles. The number of aryl methyl sites for hydroxylation is 1. The van der Waals surface area contributed by atoms with E-state index in [-0.39, 0.29) is 17.7 Å². The maximum absolute atomic E-state index is 13.2. The van der Waals surface area contributed by atoms with Gasteiger partial charge in [0.05, 0.1) is 12.5 Å². The van der Waals surface area contributed by atoms with Gasteiger partial charge in [-0.1, -0.05) is 41.6 Å². The lowest BCUT2D eigenvalue weighted by Gasteiger charge is -2.34. The molecule has 0 saturated carbocycles. The Labute approximate surface area is 170 Å². The smallest absolute Gasteiger partial charge is 0.254 e. The highest BCUT2D eigenvalue weighted by molar-refractivity contribution is 6.07. The summed E-state index contributed by atoms with van der Waals surface area (Å²) in [4.78, 5) is 29.7. The summed E-state index contributed by atoms with van der Waals surface area (Å²) in [5.74, 6) is 0.571. The van der Waals surface area contributed by atoms with Gasteiger partial charge >= 0.3 is 0 Å². The Bertz CT molecular complexity index is 1040. The van der Waals surface area contributed by atoms with Crippen LogP contribution in [0.15, 0.2) is 53.1 Å². The van der Waals surface area contributed by atoms with E-state index in [1.54, 1.807) is 11.9 Å². The van der Waals surface area contributed by atoms with E-state index < -0.39 is 0 Å². The quantitative estimate of drug-likeness (QED) is 0.681. The van der Waals surface area contributed by atoms with Gasteiger partial charge in [-0.25, -0.2) is 0 Å². The lowest BCUT2D eigenvalue weighted by atomic mass is 9.95. The summed E-state index contributed by atoms with van der Waals surface area (Å²) in [5, 5.41) is 5.96. The van der Waals surface area contributed by atoms with Crippen LogP contribution in [0.1, 0.15) is 34.7 Å². The van der Waals surface area contributed by atoms with Crippen LogP contribution in [0.4, 0.5) is 0 Å². The topological polar surface area (TPSA) is 66.7 Å². The normalized spacial score (nSPS) is 16.8. The predicted molar refractivity (Wildman–Crippen MR) is 110 cm³/mol. The number of benzene rings is 2. The summed E-state index contributed by atoms with van der Waals surface area (Å²) in [7, 11) is 1.78. The van der Waals surface area contributed by atoms with Crippen LogP contribution in [0.3, 0.4) is 0 Å². The van der Waals surface area contributed by atoms with Crippen molar-refractivity contribution in [2.45, 2.75) is 26.3 Å². The van der Waals surface area contributed by atoms with Crippen LogP contribution >= 0.6 is 0 Å². The maximum Gasteiger partial charge on any atom is 0.254 e. The first-order chi connectivity index (χ1) is 14.0. The first-order valence-corrected chi connectivity index (χ1v) is 9.97. The van der Waals surface area contributed by atoms with Gasteiger partial charge in [0.15, 0.2) is 0 Å². The number of carbonyl (C=O) groups is 2. The second-order valence-electron chi connectivity index (χ2n) is 7.74. The molecule has 0 N–H and O–H groups in total. The molecule has 29 heavy (non-hydrogen) atoms. The molecule has 1 aliphatic rings. The molecular formula is C23H25N3O3. The zero-order valence-corrected chi connectivity index (χ0v) is 16.8. The highest BCUT2D eigenvalue weighted by atomic mass is 16.5. The highest BCUT2D eigenvalue weighted by Crippen LogP contribution is 2.24. The van der Waals surface area contributed by atoms with Gasteiger partial charge in [0.1, 0.15) is 11.5 Å². The van der Waals surface area contributed by atoms with E-state index in [0.717, 1.165) is 35.1 Å². The standard InChI is InChI=1S/C23H25N3O3/c1-16-13-19(24-29-16)15-25(2)22(27)18-9-6-12-26(14-18)23(28)21-11-5-8-17-7-3-4-10-20(17)21/h3-5,7-8,10-11,13,18H,6,9,12,14-15H2,1-2H3. The van der Waals surface area contributed by atoms with Crippen molar-refractivity contribution >= 4 is 22.6 Å². The molecule has 1 aromatic heterocycles. The SMILES string of the molecule is Cc1cc(CN(C)C(=O)C2CCCN(C(=O)c3cccc4ccccc34)C2)no1. The monoisotopic (exact) mass is 391 g/mol. The van der Waals surface area contributed by atoms with Crippen molar-refractivity contribution in [3.8, 4) is 0 Å². The number of aromatic nitrogens is 1. The molecule has 0 spiro atoms. The molecule has 6 nitrogen and oxygen atoms in total. The van der Waals surface area contributed by atoms with Crippen LogP contribution in [0, 0.1) is 12.8 Å². The van der Waals surface area contributed by atoms with Crippen molar-refractivity contribution in [3.63, 3.8) is 0 Å². The Balaban J connectivity index is 1.47. The second kappa shape index (κ2) is 8.07. The zero-order valence-electron chi connectivity index (χ0n) is 16.8. The fraction of sp³-hybridized carbons (Fsp3) is 0.348. The van der Waals surface area contributed by atoms with Crippen LogP contribution in [0.2, 0.25) is 0 Å². The summed E-state index contributed by atoms with van der Waals surface area (Å²) in [5.41, 5.74) is 1.43. The lowest BCUT2D eigenvalue weighted by molar-refractivity contribution is -0.136. The van der Waals surface area contributed by atoms with Gasteiger partial charge in [-0.3, -0.25) is 9.59 Å². The van der Waals surface area contributed by atoms with Crippen LogP contribution in [-0.2, 0) is 11.3 Å². The Morgan fingerprint density at radius 1 is 1.21 bits per heavy atom. The molecule has 4 rings (SSSR count). The average molecular weight is 391 g/mol. The minimum Gasteiger partial charge on any atom is -0.361 e. The predicted octanol–water partition coefficient (Wildman–Crippen LogP) is 3.65. The number of nitrogens with zero attached hydrogens (tertiary/aromatic N) is 3. The van der Waals surface area contributed by atoms with Gasteiger partial charge in [0.2, 0.25) is 5.91 Å². The molecule has 1 saturated heterocycles. The summed E-state index contributed by atoms with van der Waals surface area (Å²) < 4.78 is 5.08. The number of fused-ring (bicyclic) bond motifs is 1. The van der Waals surface area contributed by atoms with Gasteiger partial charge in [-0.05, 0) is 36.6 Å². The minimum atomic E-state index is -0.194. The van der Waals surface area contributed by atoms with Gasteiger partial charge in [-0.15, -0.1) is 0 Å². The molecule has 2 heterocycles. The van der Waals surface area contributed by atoms with Crippen LogP contribution in [0.5, 0.6) is 0 Å². The molecule has 0 bridgehead atoms. The molecule has 1 unspecified atom stereocenters. The van der Waals surface area contributed by atoms with Crippen molar-refractivity contribution in [3.05, 3.63) is 65.5 Å². The fourth-order valence-corrected chi connectivity index (χ4v) is 4.07. The Hall–Kier alpha value is -3.15. The van der Waals surface area contributed by atoms with Crippen molar-refractivity contribution < 1.29 is 14.1 Å². The second-order valence-corrected chi connectivity index (χ2v) is 7.74. The highest BCUT2D eigenvalue weighted by Gasteiger charge is 2.31.